The fraction of sp³-hybridized carbons (Fsp3) is 0.130. The van der Waals surface area contributed by atoms with Crippen LogP contribution < -0.4 is 4.90 Å². The van der Waals surface area contributed by atoms with Gasteiger partial charge in [-0.25, -0.2) is 0 Å². The lowest BCUT2D eigenvalue weighted by molar-refractivity contribution is 0.630. The van der Waals surface area contributed by atoms with Crippen LogP contribution in [-0.4, -0.2) is 10.6 Å². The zero-order chi connectivity index (χ0) is 31.9. The second kappa shape index (κ2) is 10.5. The summed E-state index contributed by atoms with van der Waals surface area (Å²) in [6.07, 6.45) is 8.57. The molecule has 0 amide bonds. The fourth-order valence-electron chi connectivity index (χ4n) is 8.85. The van der Waals surface area contributed by atoms with Gasteiger partial charge in [0.1, 0.15) is 0 Å². The first-order chi connectivity index (χ1) is 23.6. The zero-order valence-electron chi connectivity index (χ0n) is 27.3. The lowest BCUT2D eigenvalue weighted by Gasteiger charge is -2.35. The first-order valence-corrected chi connectivity index (χ1v) is 17.3. The van der Waals surface area contributed by atoms with E-state index in [1.54, 1.807) is 0 Å². The number of hydrogen-bond acceptors (Lipinski definition) is 1. The van der Waals surface area contributed by atoms with E-state index in [1.807, 2.05) is 0 Å². The minimum atomic E-state index is 0.263. The van der Waals surface area contributed by atoms with E-state index in [9.17, 15) is 0 Å². The Morgan fingerprint density at radius 1 is 0.604 bits per heavy atom. The van der Waals surface area contributed by atoms with Gasteiger partial charge in [0.25, 0.3) is 0 Å². The number of benzene rings is 6. The van der Waals surface area contributed by atoms with Crippen LogP contribution >= 0.6 is 0 Å². The Bertz CT molecular complexity index is 2540. The molecule has 6 aromatic carbocycles. The normalized spacial score (nSPS) is 19.9. The average Bonchev–Trinajstić information content (AvgIpc) is 3.65. The van der Waals surface area contributed by atoms with Crippen LogP contribution in [0.25, 0.3) is 49.8 Å². The summed E-state index contributed by atoms with van der Waals surface area (Å²) in [7, 11) is 0. The Morgan fingerprint density at radius 2 is 1.25 bits per heavy atom. The molecule has 0 saturated heterocycles. The molecule has 7 aromatic rings. The molecule has 0 saturated carbocycles. The van der Waals surface area contributed by atoms with Gasteiger partial charge in [0.05, 0.1) is 11.6 Å². The second-order valence-corrected chi connectivity index (χ2v) is 13.9. The van der Waals surface area contributed by atoms with Crippen molar-refractivity contribution in [3.05, 3.63) is 174 Å². The van der Waals surface area contributed by atoms with Crippen LogP contribution in [0, 0.1) is 5.92 Å². The van der Waals surface area contributed by atoms with Gasteiger partial charge in [-0.3, -0.25) is 0 Å². The molecule has 0 bridgehead atoms. The van der Waals surface area contributed by atoms with Crippen molar-refractivity contribution in [3.8, 4) is 5.69 Å². The van der Waals surface area contributed by atoms with E-state index >= 15 is 0 Å². The number of hydrogen-bond donors (Lipinski definition) is 0. The van der Waals surface area contributed by atoms with Crippen LogP contribution in [0.5, 0.6) is 0 Å². The molecular formula is C46H36N2. The van der Waals surface area contributed by atoms with Crippen molar-refractivity contribution in [3.63, 3.8) is 0 Å². The molecule has 1 aromatic heterocycles. The highest BCUT2D eigenvalue weighted by Gasteiger charge is 2.40. The Kier molecular flexibility index (Phi) is 5.99. The fourth-order valence-corrected chi connectivity index (χ4v) is 8.85. The summed E-state index contributed by atoms with van der Waals surface area (Å²) in [6, 6.07) is 49.4. The number of rotatable bonds is 3. The van der Waals surface area contributed by atoms with Crippen molar-refractivity contribution in [2.45, 2.75) is 32.2 Å². The van der Waals surface area contributed by atoms with Gasteiger partial charge in [-0.05, 0) is 99.2 Å². The minimum Gasteiger partial charge on any atom is -0.333 e. The summed E-state index contributed by atoms with van der Waals surface area (Å²) in [6.45, 7) is 4.82. The third kappa shape index (κ3) is 4.05. The van der Waals surface area contributed by atoms with Crippen molar-refractivity contribution in [1.29, 1.82) is 0 Å². The van der Waals surface area contributed by atoms with Crippen LogP contribution in [0.15, 0.2) is 157 Å². The third-order valence-electron chi connectivity index (χ3n) is 11.0. The molecule has 230 valence electrons. The zero-order valence-corrected chi connectivity index (χ0v) is 27.3. The predicted molar refractivity (Wildman–Crippen MR) is 203 cm³/mol. The van der Waals surface area contributed by atoms with E-state index in [0.29, 0.717) is 11.8 Å². The summed E-state index contributed by atoms with van der Waals surface area (Å²) < 4.78 is 2.52. The monoisotopic (exact) mass is 616 g/mol. The molecule has 3 atom stereocenters. The highest BCUT2D eigenvalue weighted by atomic mass is 15.2. The van der Waals surface area contributed by atoms with Crippen LogP contribution in [0.3, 0.4) is 0 Å². The molecule has 48 heavy (non-hydrogen) atoms. The summed E-state index contributed by atoms with van der Waals surface area (Å²) in [5.74, 6) is 0.714. The summed E-state index contributed by atoms with van der Waals surface area (Å²) >= 11 is 0. The number of nitrogens with zero attached hydrogens (tertiary/aromatic N) is 2. The quantitative estimate of drug-likeness (QED) is 0.192. The van der Waals surface area contributed by atoms with Crippen molar-refractivity contribution in [2.24, 2.45) is 5.92 Å². The smallest absolute Gasteiger partial charge is 0.0658 e. The van der Waals surface area contributed by atoms with Crippen molar-refractivity contribution >= 4 is 55.5 Å². The van der Waals surface area contributed by atoms with Gasteiger partial charge in [0.2, 0.25) is 0 Å². The molecule has 3 unspecified atom stereocenters. The molecule has 2 aliphatic carbocycles. The van der Waals surface area contributed by atoms with Crippen molar-refractivity contribution in [2.75, 3.05) is 4.90 Å². The summed E-state index contributed by atoms with van der Waals surface area (Å²) in [4.78, 5) is 2.58. The van der Waals surface area contributed by atoms with E-state index in [4.69, 9.17) is 0 Å². The molecule has 10 rings (SSSR count). The SMILES string of the molecule is CC1CC(C2=CC(C)C3C(=C2)c2ccccc2N3c2ccc3ccccc3c2)=Cc2c1n(-c1ccc3ccccc3c1)c1ccccc21. The van der Waals surface area contributed by atoms with E-state index in [2.05, 4.69) is 175 Å². The van der Waals surface area contributed by atoms with Gasteiger partial charge in [-0.15, -0.1) is 0 Å². The highest BCUT2D eigenvalue weighted by molar-refractivity contribution is 5.99. The number of allylic oxidation sites excluding steroid dienone is 3. The van der Waals surface area contributed by atoms with E-state index in [0.717, 1.165) is 6.42 Å². The summed E-state index contributed by atoms with van der Waals surface area (Å²) in [5.41, 5.74) is 13.5. The number of anilines is 2. The van der Waals surface area contributed by atoms with Crippen molar-refractivity contribution < 1.29 is 0 Å². The maximum atomic E-state index is 2.58. The standard InChI is InChI=1S/C46H36N2/c1-29-23-35(27-41-39-15-7-9-17-43(39)47(45(29)41)37-21-19-31-11-3-5-13-33(31)25-37)36-24-30(2)46-42(28-36)40-16-8-10-18-44(40)48(46)38-22-20-32-12-4-6-14-34(32)26-38/h3-23,25-30,45H,24H2,1-2H3. The van der Waals surface area contributed by atoms with Crippen molar-refractivity contribution in [1.82, 2.24) is 4.57 Å². The molecule has 3 aliphatic rings. The Hall–Kier alpha value is -5.60. The maximum Gasteiger partial charge on any atom is 0.0658 e. The molecule has 0 fully saturated rings. The van der Waals surface area contributed by atoms with E-state index < -0.39 is 0 Å². The van der Waals surface area contributed by atoms with Gasteiger partial charge >= 0.3 is 0 Å². The molecule has 0 radical (unpaired) electrons. The molecule has 2 nitrogen and oxygen atoms in total. The van der Waals surface area contributed by atoms with Crippen LogP contribution in [0.2, 0.25) is 0 Å². The molecule has 0 spiro atoms. The lowest BCUT2D eigenvalue weighted by atomic mass is 9.78. The molecule has 1 aliphatic heterocycles. The average molecular weight is 617 g/mol. The van der Waals surface area contributed by atoms with E-state index in [-0.39, 0.29) is 6.04 Å². The van der Waals surface area contributed by atoms with Crippen LogP contribution in [0.1, 0.15) is 43.0 Å². The first-order valence-electron chi connectivity index (χ1n) is 17.3. The molecule has 2 heterocycles. The number of aromatic nitrogens is 1. The highest BCUT2D eigenvalue weighted by Crippen LogP contribution is 2.52. The topological polar surface area (TPSA) is 8.17 Å². The Labute approximate surface area is 281 Å². The van der Waals surface area contributed by atoms with Gasteiger partial charge in [0, 0.05) is 45.2 Å². The third-order valence-corrected chi connectivity index (χ3v) is 11.0. The first kappa shape index (κ1) is 27.5. The number of fused-ring (bicyclic) bond motifs is 8. The molecular weight excluding hydrogens is 581 g/mol. The Morgan fingerprint density at radius 3 is 2.04 bits per heavy atom. The maximum absolute atomic E-state index is 2.58. The van der Waals surface area contributed by atoms with Gasteiger partial charge in [-0.1, -0.05) is 117 Å². The van der Waals surface area contributed by atoms with Crippen LogP contribution in [0.4, 0.5) is 11.4 Å². The van der Waals surface area contributed by atoms with E-state index in [1.165, 1.54) is 83.1 Å². The Balaban J connectivity index is 1.10. The van der Waals surface area contributed by atoms with Crippen LogP contribution in [-0.2, 0) is 0 Å². The number of para-hydroxylation sites is 2. The van der Waals surface area contributed by atoms with Gasteiger partial charge < -0.3 is 9.47 Å². The largest absolute Gasteiger partial charge is 0.333 e. The second-order valence-electron chi connectivity index (χ2n) is 13.9. The molecule has 2 heteroatoms. The van der Waals surface area contributed by atoms with Gasteiger partial charge in [-0.2, -0.15) is 0 Å². The minimum absolute atomic E-state index is 0.263. The lowest BCUT2D eigenvalue weighted by Crippen LogP contribution is -2.33. The predicted octanol–water partition coefficient (Wildman–Crippen LogP) is 12.0. The van der Waals surface area contributed by atoms with Gasteiger partial charge in [0.15, 0.2) is 0 Å². The molecule has 0 N–H and O–H groups in total. The summed E-state index contributed by atoms with van der Waals surface area (Å²) in [5, 5.41) is 6.44.